The van der Waals surface area contributed by atoms with Gasteiger partial charge in [-0.3, -0.25) is 0 Å². The average molecular weight is 302 g/mol. The van der Waals surface area contributed by atoms with Crippen LogP contribution in [0.3, 0.4) is 0 Å². The van der Waals surface area contributed by atoms with Gasteiger partial charge in [0.2, 0.25) is 0 Å². The van der Waals surface area contributed by atoms with Crippen LogP contribution in [-0.2, 0) is 0 Å². The summed E-state index contributed by atoms with van der Waals surface area (Å²) in [5.41, 5.74) is 3.33. The molecule has 0 aliphatic carbocycles. The Bertz CT molecular complexity index is 660. The van der Waals surface area contributed by atoms with E-state index in [1.807, 2.05) is 48.5 Å². The summed E-state index contributed by atoms with van der Waals surface area (Å²) in [5.74, 6) is 0. The zero-order valence-electron chi connectivity index (χ0n) is 10.3. The SMILES string of the molecule is Clc1ccc(-c2ncnnc2-c2ccc(Cl)cc2)cc1. The number of benzene rings is 2. The van der Waals surface area contributed by atoms with Crippen LogP contribution in [0.1, 0.15) is 0 Å². The highest BCUT2D eigenvalue weighted by Crippen LogP contribution is 2.29. The van der Waals surface area contributed by atoms with Crippen molar-refractivity contribution in [2.75, 3.05) is 0 Å². The summed E-state index contributed by atoms with van der Waals surface area (Å²) >= 11 is 11.8. The molecule has 0 N–H and O–H groups in total. The van der Waals surface area contributed by atoms with E-state index in [1.54, 1.807) is 0 Å². The summed E-state index contributed by atoms with van der Waals surface area (Å²) in [4.78, 5) is 4.33. The van der Waals surface area contributed by atoms with E-state index < -0.39 is 0 Å². The molecule has 3 aromatic rings. The Kier molecular flexibility index (Phi) is 3.63. The van der Waals surface area contributed by atoms with Crippen LogP contribution in [0.5, 0.6) is 0 Å². The summed E-state index contributed by atoms with van der Waals surface area (Å²) in [6.45, 7) is 0. The third-order valence-corrected chi connectivity index (χ3v) is 3.36. The van der Waals surface area contributed by atoms with Crippen LogP contribution in [0, 0.1) is 0 Å². The van der Waals surface area contributed by atoms with Crippen molar-refractivity contribution < 1.29 is 0 Å². The molecule has 0 saturated carbocycles. The molecule has 0 atom stereocenters. The van der Waals surface area contributed by atoms with E-state index in [1.165, 1.54) is 6.33 Å². The van der Waals surface area contributed by atoms with Gasteiger partial charge in [-0.05, 0) is 24.3 Å². The molecule has 98 valence electrons. The van der Waals surface area contributed by atoms with Crippen LogP contribution in [0.2, 0.25) is 10.0 Å². The third kappa shape index (κ3) is 2.64. The molecule has 0 aliphatic heterocycles. The van der Waals surface area contributed by atoms with Crippen molar-refractivity contribution in [1.82, 2.24) is 15.2 Å². The highest BCUT2D eigenvalue weighted by atomic mass is 35.5. The van der Waals surface area contributed by atoms with Gasteiger partial charge in [0.05, 0.1) is 0 Å². The van der Waals surface area contributed by atoms with Crippen LogP contribution in [-0.4, -0.2) is 15.2 Å². The maximum absolute atomic E-state index is 5.91. The van der Waals surface area contributed by atoms with Crippen LogP contribution in [0.4, 0.5) is 0 Å². The molecular weight excluding hydrogens is 293 g/mol. The first-order valence-electron chi connectivity index (χ1n) is 5.93. The van der Waals surface area contributed by atoms with E-state index in [-0.39, 0.29) is 0 Å². The molecule has 0 saturated heterocycles. The van der Waals surface area contributed by atoms with Crippen molar-refractivity contribution >= 4 is 23.2 Å². The Morgan fingerprint density at radius 2 is 1.15 bits per heavy atom. The lowest BCUT2D eigenvalue weighted by molar-refractivity contribution is 0.981. The maximum atomic E-state index is 5.91. The van der Waals surface area contributed by atoms with Gasteiger partial charge in [0.15, 0.2) is 0 Å². The van der Waals surface area contributed by atoms with Gasteiger partial charge in [-0.15, -0.1) is 10.2 Å². The zero-order valence-corrected chi connectivity index (χ0v) is 11.8. The Balaban J connectivity index is 2.13. The molecule has 0 amide bonds. The lowest BCUT2D eigenvalue weighted by Gasteiger charge is -2.07. The van der Waals surface area contributed by atoms with Crippen molar-refractivity contribution in [3.8, 4) is 22.5 Å². The first-order chi connectivity index (χ1) is 9.74. The largest absolute Gasteiger partial charge is 0.232 e. The average Bonchev–Trinajstić information content (AvgIpc) is 2.49. The monoisotopic (exact) mass is 301 g/mol. The van der Waals surface area contributed by atoms with Gasteiger partial charge in [0, 0.05) is 21.2 Å². The second kappa shape index (κ2) is 5.57. The molecular formula is C15H9Cl2N3. The van der Waals surface area contributed by atoms with E-state index in [0.717, 1.165) is 16.8 Å². The highest BCUT2D eigenvalue weighted by molar-refractivity contribution is 6.31. The first kappa shape index (κ1) is 13.0. The number of hydrogen-bond donors (Lipinski definition) is 0. The molecule has 0 fully saturated rings. The molecule has 3 rings (SSSR count). The minimum atomic E-state index is 0.679. The van der Waals surface area contributed by atoms with Crippen molar-refractivity contribution in [2.24, 2.45) is 0 Å². The van der Waals surface area contributed by atoms with Crippen molar-refractivity contribution in [2.45, 2.75) is 0 Å². The number of nitrogens with zero attached hydrogens (tertiary/aromatic N) is 3. The second-order valence-corrected chi connectivity index (χ2v) is 5.04. The van der Waals surface area contributed by atoms with Crippen LogP contribution < -0.4 is 0 Å². The summed E-state index contributed by atoms with van der Waals surface area (Å²) in [6, 6.07) is 14.9. The minimum absolute atomic E-state index is 0.679. The number of halogens is 2. The predicted molar refractivity (Wildman–Crippen MR) is 80.7 cm³/mol. The topological polar surface area (TPSA) is 38.7 Å². The molecule has 0 aliphatic rings. The molecule has 5 heteroatoms. The summed E-state index contributed by atoms with van der Waals surface area (Å²) in [7, 11) is 0. The summed E-state index contributed by atoms with van der Waals surface area (Å²) < 4.78 is 0. The third-order valence-electron chi connectivity index (χ3n) is 2.86. The molecule has 1 heterocycles. The number of hydrogen-bond acceptors (Lipinski definition) is 3. The lowest BCUT2D eigenvalue weighted by Crippen LogP contribution is -1.95. The van der Waals surface area contributed by atoms with E-state index >= 15 is 0 Å². The Morgan fingerprint density at radius 3 is 1.70 bits per heavy atom. The molecule has 20 heavy (non-hydrogen) atoms. The predicted octanol–water partition coefficient (Wildman–Crippen LogP) is 4.51. The van der Waals surface area contributed by atoms with Crippen LogP contribution >= 0.6 is 23.2 Å². The lowest BCUT2D eigenvalue weighted by atomic mass is 10.0. The minimum Gasteiger partial charge on any atom is -0.232 e. The van der Waals surface area contributed by atoms with Gasteiger partial charge in [-0.1, -0.05) is 47.5 Å². The molecule has 0 unspecified atom stereocenters. The Hall–Kier alpha value is -1.97. The quantitative estimate of drug-likeness (QED) is 0.699. The van der Waals surface area contributed by atoms with Gasteiger partial charge >= 0.3 is 0 Å². The summed E-state index contributed by atoms with van der Waals surface area (Å²) in [5, 5.41) is 9.42. The van der Waals surface area contributed by atoms with Gasteiger partial charge in [0.25, 0.3) is 0 Å². The summed E-state index contributed by atoms with van der Waals surface area (Å²) in [6.07, 6.45) is 1.43. The van der Waals surface area contributed by atoms with Gasteiger partial charge in [-0.25, -0.2) is 4.98 Å². The van der Waals surface area contributed by atoms with Crippen molar-refractivity contribution in [3.05, 3.63) is 64.9 Å². The Labute approximate surface area is 126 Å². The van der Waals surface area contributed by atoms with Crippen molar-refractivity contribution in [3.63, 3.8) is 0 Å². The second-order valence-electron chi connectivity index (χ2n) is 4.17. The number of rotatable bonds is 2. The van der Waals surface area contributed by atoms with E-state index in [2.05, 4.69) is 15.2 Å². The standard InChI is InChI=1S/C15H9Cl2N3/c16-12-5-1-10(2-6-12)14-15(20-19-9-18-14)11-3-7-13(17)8-4-11/h1-9H. The van der Waals surface area contributed by atoms with Gasteiger partial charge in [0.1, 0.15) is 17.7 Å². The van der Waals surface area contributed by atoms with Gasteiger partial charge in [-0.2, -0.15) is 0 Å². The smallest absolute Gasteiger partial charge is 0.138 e. The van der Waals surface area contributed by atoms with Crippen molar-refractivity contribution in [1.29, 1.82) is 0 Å². The van der Waals surface area contributed by atoms with Gasteiger partial charge < -0.3 is 0 Å². The molecule has 2 aromatic carbocycles. The first-order valence-corrected chi connectivity index (χ1v) is 6.69. The Morgan fingerprint density at radius 1 is 0.650 bits per heavy atom. The maximum Gasteiger partial charge on any atom is 0.138 e. The number of aromatic nitrogens is 3. The van der Waals surface area contributed by atoms with E-state index in [9.17, 15) is 0 Å². The fraction of sp³-hybridized carbons (Fsp3) is 0. The molecule has 0 bridgehead atoms. The fourth-order valence-corrected chi connectivity index (χ4v) is 2.15. The van der Waals surface area contributed by atoms with E-state index in [0.29, 0.717) is 15.7 Å². The van der Waals surface area contributed by atoms with Crippen LogP contribution in [0.15, 0.2) is 54.9 Å². The van der Waals surface area contributed by atoms with Crippen LogP contribution in [0.25, 0.3) is 22.5 Å². The normalized spacial score (nSPS) is 10.5. The zero-order chi connectivity index (χ0) is 13.9. The molecule has 0 spiro atoms. The molecule has 0 radical (unpaired) electrons. The molecule has 3 nitrogen and oxygen atoms in total. The molecule has 1 aromatic heterocycles. The fourth-order valence-electron chi connectivity index (χ4n) is 1.90. The van der Waals surface area contributed by atoms with E-state index in [4.69, 9.17) is 23.2 Å². The highest BCUT2D eigenvalue weighted by Gasteiger charge is 2.10.